The van der Waals surface area contributed by atoms with Gasteiger partial charge in [-0.25, -0.2) is 4.39 Å². The van der Waals surface area contributed by atoms with Gasteiger partial charge in [0, 0.05) is 11.1 Å². The predicted octanol–water partition coefficient (Wildman–Crippen LogP) is 2.70. The van der Waals surface area contributed by atoms with E-state index in [9.17, 15) is 4.39 Å². The summed E-state index contributed by atoms with van der Waals surface area (Å²) in [6.07, 6.45) is -1.14. The molecule has 0 aromatic heterocycles. The molecule has 0 saturated carbocycles. The van der Waals surface area contributed by atoms with Crippen molar-refractivity contribution in [2.24, 2.45) is 5.73 Å². The average molecular weight is 188 g/mol. The highest BCUT2D eigenvalue weighted by atomic mass is 35.5. The molecule has 0 aliphatic heterocycles. The number of nitrogens with two attached hydrogens (primary N) is 1. The van der Waals surface area contributed by atoms with Crippen LogP contribution in [0.25, 0.3) is 0 Å². The molecule has 0 aliphatic carbocycles. The van der Waals surface area contributed by atoms with Crippen molar-refractivity contribution in [3.05, 3.63) is 34.9 Å². The molecular weight excluding hydrogens is 177 g/mol. The summed E-state index contributed by atoms with van der Waals surface area (Å²) < 4.78 is 13.3. The molecule has 0 amide bonds. The topological polar surface area (TPSA) is 26.0 Å². The average Bonchev–Trinajstić information content (AvgIpc) is 2.03. The fraction of sp³-hybridized carbons (Fsp3) is 0.333. The lowest BCUT2D eigenvalue weighted by molar-refractivity contribution is 0.300. The number of hydrogen-bond acceptors (Lipinski definition) is 1. The second kappa shape index (κ2) is 3.87. The van der Waals surface area contributed by atoms with Crippen LogP contribution in [0.15, 0.2) is 24.3 Å². The molecular formula is C9H11ClFN. The van der Waals surface area contributed by atoms with Gasteiger partial charge in [0.1, 0.15) is 6.17 Å². The molecule has 1 nitrogen and oxygen atoms in total. The summed E-state index contributed by atoms with van der Waals surface area (Å²) in [5, 5.41) is 0.538. The molecule has 1 aromatic carbocycles. The molecule has 3 heteroatoms. The van der Waals surface area contributed by atoms with Gasteiger partial charge in [-0.1, -0.05) is 23.7 Å². The van der Waals surface area contributed by atoms with Crippen LogP contribution < -0.4 is 5.73 Å². The van der Waals surface area contributed by atoms with Crippen molar-refractivity contribution < 1.29 is 4.39 Å². The highest BCUT2D eigenvalue weighted by Gasteiger charge is 2.14. The lowest BCUT2D eigenvalue weighted by Gasteiger charge is -2.11. The summed E-state index contributed by atoms with van der Waals surface area (Å²) in [4.78, 5) is 0. The van der Waals surface area contributed by atoms with Crippen molar-refractivity contribution in [3.8, 4) is 0 Å². The maximum absolute atomic E-state index is 13.3. The smallest absolute Gasteiger partial charge is 0.140 e. The first kappa shape index (κ1) is 9.49. The molecule has 2 N–H and O–H groups in total. The Kier molecular flexibility index (Phi) is 3.06. The van der Waals surface area contributed by atoms with Crippen molar-refractivity contribution in [2.45, 2.75) is 19.1 Å². The van der Waals surface area contributed by atoms with E-state index in [-0.39, 0.29) is 0 Å². The van der Waals surface area contributed by atoms with Crippen LogP contribution in [0.1, 0.15) is 18.7 Å². The highest BCUT2D eigenvalue weighted by molar-refractivity contribution is 6.30. The molecule has 66 valence electrons. The number of rotatable bonds is 2. The highest BCUT2D eigenvalue weighted by Crippen LogP contribution is 2.22. The van der Waals surface area contributed by atoms with Gasteiger partial charge in [0.15, 0.2) is 0 Å². The van der Waals surface area contributed by atoms with Crippen molar-refractivity contribution in [3.63, 3.8) is 0 Å². The number of benzene rings is 1. The maximum Gasteiger partial charge on any atom is 0.140 e. The Morgan fingerprint density at radius 1 is 1.50 bits per heavy atom. The first-order chi connectivity index (χ1) is 5.61. The van der Waals surface area contributed by atoms with Gasteiger partial charge in [0.05, 0.1) is 0 Å². The Morgan fingerprint density at radius 3 is 2.67 bits per heavy atom. The third kappa shape index (κ3) is 2.19. The van der Waals surface area contributed by atoms with Gasteiger partial charge in [0.2, 0.25) is 0 Å². The van der Waals surface area contributed by atoms with E-state index in [1.54, 1.807) is 31.2 Å². The standard InChI is InChI=1S/C9H11ClFN/c1-6(12)9(11)7-3-2-4-8(10)5-7/h2-6,9H,12H2,1H3. The Hall–Kier alpha value is -0.600. The molecule has 0 saturated heterocycles. The zero-order valence-corrected chi connectivity index (χ0v) is 7.55. The Bertz CT molecular complexity index is 262. The zero-order chi connectivity index (χ0) is 9.14. The predicted molar refractivity (Wildman–Crippen MR) is 49.0 cm³/mol. The van der Waals surface area contributed by atoms with Crippen LogP contribution in [0.3, 0.4) is 0 Å². The lowest BCUT2D eigenvalue weighted by Crippen LogP contribution is -2.21. The van der Waals surface area contributed by atoms with Crippen LogP contribution in [0.5, 0.6) is 0 Å². The minimum Gasteiger partial charge on any atom is -0.325 e. The normalized spacial score (nSPS) is 15.7. The lowest BCUT2D eigenvalue weighted by atomic mass is 10.1. The van der Waals surface area contributed by atoms with Crippen molar-refractivity contribution in [2.75, 3.05) is 0 Å². The van der Waals surface area contributed by atoms with Gasteiger partial charge in [-0.2, -0.15) is 0 Å². The Morgan fingerprint density at radius 2 is 2.17 bits per heavy atom. The molecule has 0 heterocycles. The van der Waals surface area contributed by atoms with Crippen molar-refractivity contribution in [1.29, 1.82) is 0 Å². The largest absolute Gasteiger partial charge is 0.325 e. The maximum atomic E-state index is 13.3. The van der Waals surface area contributed by atoms with Gasteiger partial charge in [-0.05, 0) is 24.6 Å². The van der Waals surface area contributed by atoms with E-state index in [1.165, 1.54) is 0 Å². The molecule has 0 spiro atoms. The first-order valence-electron chi connectivity index (χ1n) is 3.76. The summed E-state index contributed by atoms with van der Waals surface area (Å²) in [6, 6.07) is 6.20. The Balaban J connectivity index is 2.88. The number of alkyl halides is 1. The molecule has 1 aromatic rings. The summed E-state index contributed by atoms with van der Waals surface area (Å²) in [6.45, 7) is 1.63. The minimum absolute atomic E-state index is 0.497. The van der Waals surface area contributed by atoms with Crippen LogP contribution in [-0.2, 0) is 0 Å². The van der Waals surface area contributed by atoms with E-state index in [2.05, 4.69) is 0 Å². The summed E-state index contributed by atoms with van der Waals surface area (Å²) in [7, 11) is 0. The van der Waals surface area contributed by atoms with E-state index < -0.39 is 12.2 Å². The zero-order valence-electron chi connectivity index (χ0n) is 6.80. The van der Waals surface area contributed by atoms with Gasteiger partial charge in [-0.3, -0.25) is 0 Å². The van der Waals surface area contributed by atoms with E-state index in [0.29, 0.717) is 10.6 Å². The van der Waals surface area contributed by atoms with Crippen LogP contribution >= 0.6 is 11.6 Å². The molecule has 2 atom stereocenters. The van der Waals surface area contributed by atoms with E-state index >= 15 is 0 Å². The van der Waals surface area contributed by atoms with Crippen molar-refractivity contribution >= 4 is 11.6 Å². The summed E-state index contributed by atoms with van der Waals surface area (Å²) >= 11 is 5.69. The van der Waals surface area contributed by atoms with Crippen LogP contribution in [0, 0.1) is 0 Å². The molecule has 0 fully saturated rings. The summed E-state index contributed by atoms with van der Waals surface area (Å²) in [5.74, 6) is 0. The summed E-state index contributed by atoms with van der Waals surface area (Å²) in [5.41, 5.74) is 5.94. The monoisotopic (exact) mass is 187 g/mol. The van der Waals surface area contributed by atoms with E-state index in [0.717, 1.165) is 0 Å². The molecule has 0 radical (unpaired) electrons. The second-order valence-electron chi connectivity index (χ2n) is 2.82. The first-order valence-corrected chi connectivity index (χ1v) is 4.14. The van der Waals surface area contributed by atoms with Gasteiger partial charge in [-0.15, -0.1) is 0 Å². The molecule has 1 rings (SSSR count). The molecule has 0 bridgehead atoms. The van der Waals surface area contributed by atoms with Crippen LogP contribution in [0.2, 0.25) is 5.02 Å². The van der Waals surface area contributed by atoms with E-state index in [1.807, 2.05) is 0 Å². The molecule has 12 heavy (non-hydrogen) atoms. The third-order valence-corrected chi connectivity index (χ3v) is 1.86. The Labute approximate surface area is 76.3 Å². The van der Waals surface area contributed by atoms with Crippen LogP contribution in [-0.4, -0.2) is 6.04 Å². The number of hydrogen-bond donors (Lipinski definition) is 1. The fourth-order valence-electron chi connectivity index (χ4n) is 0.982. The van der Waals surface area contributed by atoms with Gasteiger partial charge in [0.25, 0.3) is 0 Å². The SMILES string of the molecule is CC(N)C(F)c1cccc(Cl)c1. The van der Waals surface area contributed by atoms with Crippen LogP contribution in [0.4, 0.5) is 4.39 Å². The molecule has 2 unspecified atom stereocenters. The fourth-order valence-corrected chi connectivity index (χ4v) is 1.18. The van der Waals surface area contributed by atoms with Gasteiger partial charge >= 0.3 is 0 Å². The third-order valence-electron chi connectivity index (χ3n) is 1.63. The second-order valence-corrected chi connectivity index (χ2v) is 3.25. The van der Waals surface area contributed by atoms with Crippen molar-refractivity contribution in [1.82, 2.24) is 0 Å². The number of halogens is 2. The quantitative estimate of drug-likeness (QED) is 0.757. The molecule has 0 aliphatic rings. The van der Waals surface area contributed by atoms with E-state index in [4.69, 9.17) is 17.3 Å². The van der Waals surface area contributed by atoms with Gasteiger partial charge < -0.3 is 5.73 Å². The minimum atomic E-state index is -1.14.